The second-order valence-corrected chi connectivity index (χ2v) is 5.84. The highest BCUT2D eigenvalue weighted by molar-refractivity contribution is 6.34. The molecule has 1 atom stereocenters. The van der Waals surface area contributed by atoms with Gasteiger partial charge in [0.15, 0.2) is 5.82 Å². The fraction of sp³-hybridized carbons (Fsp3) is 0.333. The Labute approximate surface area is 138 Å². The van der Waals surface area contributed by atoms with Crippen LogP contribution >= 0.6 is 11.6 Å². The van der Waals surface area contributed by atoms with Gasteiger partial charge in [-0.05, 0) is 25.1 Å². The predicted molar refractivity (Wildman–Crippen MR) is 85.2 cm³/mol. The lowest BCUT2D eigenvalue weighted by molar-refractivity contribution is -0.114. The molecular weight excluding hydrogens is 318 g/mol. The van der Waals surface area contributed by atoms with Crippen LogP contribution in [-0.4, -0.2) is 38.0 Å². The summed E-state index contributed by atoms with van der Waals surface area (Å²) >= 11 is 6.14. The summed E-state index contributed by atoms with van der Waals surface area (Å²) in [4.78, 5) is 25.6. The molecule has 7 nitrogen and oxygen atoms in total. The second-order valence-electron chi connectivity index (χ2n) is 5.43. The zero-order valence-electron chi connectivity index (χ0n) is 12.8. The summed E-state index contributed by atoms with van der Waals surface area (Å²) in [7, 11) is 0. The van der Waals surface area contributed by atoms with E-state index in [4.69, 9.17) is 11.6 Å². The molecule has 2 heterocycles. The first-order chi connectivity index (χ1) is 11.0. The maximum absolute atomic E-state index is 12.8. The highest BCUT2D eigenvalue weighted by Gasteiger charge is 2.30. The van der Waals surface area contributed by atoms with Gasteiger partial charge in [-0.3, -0.25) is 9.59 Å². The maximum Gasteiger partial charge on any atom is 0.254 e. The normalized spacial score (nSPS) is 16.8. The lowest BCUT2D eigenvalue weighted by Gasteiger charge is -2.33. The summed E-state index contributed by atoms with van der Waals surface area (Å²) < 4.78 is 1.95. The van der Waals surface area contributed by atoms with E-state index < -0.39 is 0 Å². The molecule has 1 aromatic carbocycles. The number of hydrogen-bond donors (Lipinski definition) is 1. The topological polar surface area (TPSA) is 80.1 Å². The van der Waals surface area contributed by atoms with E-state index in [1.807, 2.05) is 11.5 Å². The Morgan fingerprint density at radius 1 is 1.35 bits per heavy atom. The van der Waals surface area contributed by atoms with E-state index in [-0.39, 0.29) is 17.9 Å². The number of carbonyl (C=O) groups is 2. The molecule has 1 unspecified atom stereocenters. The minimum Gasteiger partial charge on any atom is -0.327 e. The number of fused-ring (bicyclic) bond motifs is 1. The van der Waals surface area contributed by atoms with Gasteiger partial charge in [0.1, 0.15) is 6.33 Å². The third-order valence-electron chi connectivity index (χ3n) is 3.86. The largest absolute Gasteiger partial charge is 0.327 e. The molecule has 0 fully saturated rings. The maximum atomic E-state index is 12.8. The number of rotatable bonds is 2. The summed E-state index contributed by atoms with van der Waals surface area (Å²) in [5.41, 5.74) is 0.964. The van der Waals surface area contributed by atoms with Crippen molar-refractivity contribution in [1.82, 2.24) is 19.7 Å². The number of hydrogen-bond acceptors (Lipinski definition) is 4. The van der Waals surface area contributed by atoms with E-state index in [9.17, 15) is 9.59 Å². The van der Waals surface area contributed by atoms with Gasteiger partial charge in [-0.15, -0.1) is 10.2 Å². The van der Waals surface area contributed by atoms with Crippen LogP contribution in [0.5, 0.6) is 0 Å². The van der Waals surface area contributed by atoms with E-state index >= 15 is 0 Å². The van der Waals surface area contributed by atoms with Gasteiger partial charge in [-0.1, -0.05) is 11.6 Å². The average Bonchev–Trinajstić information content (AvgIpc) is 2.98. The fourth-order valence-corrected chi connectivity index (χ4v) is 2.92. The highest BCUT2D eigenvalue weighted by Crippen LogP contribution is 2.27. The summed E-state index contributed by atoms with van der Waals surface area (Å²) in [6.45, 7) is 4.57. The Bertz CT molecular complexity index is 773. The molecule has 0 bridgehead atoms. The first kappa shape index (κ1) is 15.5. The molecular formula is C15H16ClN5O2. The van der Waals surface area contributed by atoms with Crippen molar-refractivity contribution in [2.75, 3.05) is 11.9 Å². The van der Waals surface area contributed by atoms with Crippen molar-refractivity contribution < 1.29 is 9.59 Å². The second kappa shape index (κ2) is 6.00. The minimum absolute atomic E-state index is 0.122. The van der Waals surface area contributed by atoms with Crippen LogP contribution in [0.4, 0.5) is 5.69 Å². The van der Waals surface area contributed by atoms with Crippen molar-refractivity contribution in [3.05, 3.63) is 40.9 Å². The first-order valence-electron chi connectivity index (χ1n) is 7.23. The Morgan fingerprint density at radius 2 is 2.13 bits per heavy atom. The number of benzene rings is 1. The molecule has 23 heavy (non-hydrogen) atoms. The number of amides is 2. The monoisotopic (exact) mass is 333 g/mol. The molecule has 0 saturated heterocycles. The van der Waals surface area contributed by atoms with Gasteiger partial charge in [0.05, 0.1) is 16.8 Å². The summed E-state index contributed by atoms with van der Waals surface area (Å²) in [6, 6.07) is 4.70. The average molecular weight is 334 g/mol. The van der Waals surface area contributed by atoms with E-state index in [1.165, 1.54) is 6.92 Å². The Balaban J connectivity index is 1.84. The Hall–Kier alpha value is -2.41. The van der Waals surface area contributed by atoms with Gasteiger partial charge < -0.3 is 14.8 Å². The van der Waals surface area contributed by atoms with E-state index in [1.54, 1.807) is 29.4 Å². The van der Waals surface area contributed by atoms with Crippen LogP contribution in [0.15, 0.2) is 24.5 Å². The van der Waals surface area contributed by atoms with Crippen LogP contribution in [0.3, 0.4) is 0 Å². The van der Waals surface area contributed by atoms with Crippen LogP contribution in [-0.2, 0) is 11.3 Å². The fourth-order valence-electron chi connectivity index (χ4n) is 2.69. The summed E-state index contributed by atoms with van der Waals surface area (Å²) in [6.07, 6.45) is 1.67. The highest BCUT2D eigenvalue weighted by atomic mass is 35.5. The van der Waals surface area contributed by atoms with Crippen molar-refractivity contribution in [2.45, 2.75) is 26.4 Å². The number of anilines is 1. The number of carbonyl (C=O) groups excluding carboxylic acids is 2. The lowest BCUT2D eigenvalue weighted by Crippen LogP contribution is -2.41. The van der Waals surface area contributed by atoms with Crippen molar-refractivity contribution in [1.29, 1.82) is 0 Å². The van der Waals surface area contributed by atoms with Crippen molar-refractivity contribution in [2.24, 2.45) is 0 Å². The molecule has 3 rings (SSSR count). The summed E-state index contributed by atoms with van der Waals surface area (Å²) in [5.74, 6) is 0.434. The van der Waals surface area contributed by atoms with Gasteiger partial charge in [-0.25, -0.2) is 0 Å². The summed E-state index contributed by atoms with van der Waals surface area (Å²) in [5, 5.41) is 10.9. The molecule has 1 aliphatic rings. The number of nitrogens with one attached hydrogen (secondary N) is 1. The third kappa shape index (κ3) is 2.92. The SMILES string of the molecule is CC(=O)Nc1ccc(C(=O)N2CCn3cnnc3C2C)cc1Cl. The molecule has 2 amide bonds. The smallest absolute Gasteiger partial charge is 0.254 e. The van der Waals surface area contributed by atoms with Crippen molar-refractivity contribution in [3.8, 4) is 0 Å². The van der Waals surface area contributed by atoms with Crippen LogP contribution in [0.1, 0.15) is 36.1 Å². The molecule has 0 saturated carbocycles. The van der Waals surface area contributed by atoms with Crippen LogP contribution in [0.25, 0.3) is 0 Å². The van der Waals surface area contributed by atoms with Gasteiger partial charge in [0.2, 0.25) is 5.91 Å². The molecule has 0 radical (unpaired) electrons. The van der Waals surface area contributed by atoms with Crippen molar-refractivity contribution in [3.63, 3.8) is 0 Å². The van der Waals surface area contributed by atoms with Crippen LogP contribution in [0.2, 0.25) is 5.02 Å². The van der Waals surface area contributed by atoms with Crippen LogP contribution < -0.4 is 5.32 Å². The molecule has 1 N–H and O–H groups in total. The van der Waals surface area contributed by atoms with E-state index in [2.05, 4.69) is 15.5 Å². The molecule has 2 aromatic rings. The lowest BCUT2D eigenvalue weighted by atomic mass is 10.1. The van der Waals surface area contributed by atoms with E-state index in [0.29, 0.717) is 29.4 Å². The zero-order chi connectivity index (χ0) is 16.6. The first-order valence-corrected chi connectivity index (χ1v) is 7.61. The van der Waals surface area contributed by atoms with Crippen molar-refractivity contribution >= 4 is 29.1 Å². The molecule has 8 heteroatoms. The number of nitrogens with zero attached hydrogens (tertiary/aromatic N) is 4. The molecule has 120 valence electrons. The van der Waals surface area contributed by atoms with Gasteiger partial charge in [-0.2, -0.15) is 0 Å². The van der Waals surface area contributed by atoms with Gasteiger partial charge in [0, 0.05) is 25.6 Å². The number of aromatic nitrogens is 3. The Kier molecular flexibility index (Phi) is 4.04. The quantitative estimate of drug-likeness (QED) is 0.912. The van der Waals surface area contributed by atoms with Gasteiger partial charge >= 0.3 is 0 Å². The van der Waals surface area contributed by atoms with Gasteiger partial charge in [0.25, 0.3) is 5.91 Å². The Morgan fingerprint density at radius 3 is 2.83 bits per heavy atom. The predicted octanol–water partition coefficient (Wildman–Crippen LogP) is 2.11. The molecule has 1 aromatic heterocycles. The van der Waals surface area contributed by atoms with E-state index in [0.717, 1.165) is 5.82 Å². The zero-order valence-corrected chi connectivity index (χ0v) is 13.5. The standard InChI is InChI=1S/C15H16ClN5O2/c1-9-14-19-17-8-20(14)5-6-21(9)15(23)11-3-4-13(12(16)7-11)18-10(2)22/h3-4,7-9H,5-6H2,1-2H3,(H,18,22). The number of halogens is 1. The van der Waals surface area contributed by atoms with Crippen LogP contribution in [0, 0.1) is 0 Å². The molecule has 0 aliphatic carbocycles. The minimum atomic E-state index is -0.213. The molecule has 0 spiro atoms. The molecule has 1 aliphatic heterocycles. The third-order valence-corrected chi connectivity index (χ3v) is 4.17.